The predicted octanol–water partition coefficient (Wildman–Crippen LogP) is 2.70. The van der Waals surface area contributed by atoms with Crippen LogP contribution in [0.3, 0.4) is 0 Å². The molecule has 1 fully saturated rings. The molecule has 1 N–H and O–H groups in total. The Bertz CT molecular complexity index is 378. The zero-order chi connectivity index (χ0) is 12.5. The van der Waals surface area contributed by atoms with Gasteiger partial charge in [0.2, 0.25) is 0 Å². The van der Waals surface area contributed by atoms with Gasteiger partial charge < -0.3 is 5.11 Å². The molecule has 0 spiro atoms. The smallest absolute Gasteiger partial charge is 0.0649 e. The number of aryl methyl sites for hydroxylation is 2. The summed E-state index contributed by atoms with van der Waals surface area (Å²) in [5, 5.41) is 14.9. The van der Waals surface area contributed by atoms with E-state index in [2.05, 4.69) is 25.0 Å². The average Bonchev–Trinajstić information content (AvgIpc) is 2.86. The number of hydrogen-bond acceptors (Lipinski definition) is 2. The van der Waals surface area contributed by atoms with Crippen molar-refractivity contribution in [3.63, 3.8) is 0 Å². The molecule has 1 aromatic heterocycles. The molecule has 1 aliphatic rings. The van der Waals surface area contributed by atoms with Crippen LogP contribution in [-0.2, 0) is 13.0 Å². The van der Waals surface area contributed by atoms with Gasteiger partial charge in [-0.15, -0.1) is 0 Å². The highest BCUT2D eigenvalue weighted by molar-refractivity contribution is 5.11. The molecule has 0 aromatic carbocycles. The van der Waals surface area contributed by atoms with E-state index < -0.39 is 0 Å². The van der Waals surface area contributed by atoms with Gasteiger partial charge in [-0.05, 0) is 38.2 Å². The molecular formula is C14H24N2O. The third-order valence-electron chi connectivity index (χ3n) is 4.24. The van der Waals surface area contributed by atoms with Gasteiger partial charge in [-0.3, -0.25) is 4.68 Å². The Morgan fingerprint density at radius 3 is 2.71 bits per heavy atom. The van der Waals surface area contributed by atoms with Crippen molar-refractivity contribution in [2.45, 2.75) is 65.5 Å². The van der Waals surface area contributed by atoms with E-state index >= 15 is 0 Å². The highest BCUT2D eigenvalue weighted by atomic mass is 16.3. The Hall–Kier alpha value is -0.830. The van der Waals surface area contributed by atoms with Crippen molar-refractivity contribution in [2.75, 3.05) is 0 Å². The van der Waals surface area contributed by atoms with Gasteiger partial charge in [-0.25, -0.2) is 0 Å². The Morgan fingerprint density at radius 2 is 2.12 bits per heavy atom. The molecule has 1 aliphatic carbocycles. The first-order chi connectivity index (χ1) is 8.05. The van der Waals surface area contributed by atoms with Gasteiger partial charge >= 0.3 is 0 Å². The van der Waals surface area contributed by atoms with Crippen LogP contribution in [0.5, 0.6) is 0 Å². The van der Waals surface area contributed by atoms with Crippen molar-refractivity contribution >= 4 is 0 Å². The van der Waals surface area contributed by atoms with E-state index in [1.807, 2.05) is 11.6 Å². The summed E-state index contributed by atoms with van der Waals surface area (Å²) in [6.45, 7) is 7.22. The summed E-state index contributed by atoms with van der Waals surface area (Å²) >= 11 is 0. The minimum atomic E-state index is -0.230. The van der Waals surface area contributed by atoms with Gasteiger partial charge in [0.05, 0.1) is 11.8 Å². The fourth-order valence-electron chi connectivity index (χ4n) is 3.00. The maximum Gasteiger partial charge on any atom is 0.0649 e. The Labute approximate surface area is 104 Å². The first kappa shape index (κ1) is 12.6. The predicted molar refractivity (Wildman–Crippen MR) is 68.9 cm³/mol. The van der Waals surface area contributed by atoms with E-state index in [0.717, 1.165) is 31.5 Å². The molecule has 2 rings (SSSR count). The van der Waals surface area contributed by atoms with E-state index in [9.17, 15) is 5.11 Å². The summed E-state index contributed by atoms with van der Waals surface area (Å²) in [7, 11) is 0. The van der Waals surface area contributed by atoms with Gasteiger partial charge in [0, 0.05) is 18.7 Å². The number of aliphatic hydroxyl groups excluding tert-OH is 1. The van der Waals surface area contributed by atoms with Gasteiger partial charge in [0.15, 0.2) is 0 Å². The Balaban J connectivity index is 2.09. The standard InChI is InChI=1S/C14H24N2O/c1-4-16-12(9-11(2)15-16)10-13(17)14(3)7-5-6-8-14/h9,13,17H,4-8,10H2,1-3H3. The Kier molecular flexibility index (Phi) is 3.57. The fourth-order valence-corrected chi connectivity index (χ4v) is 3.00. The molecular weight excluding hydrogens is 212 g/mol. The van der Waals surface area contributed by atoms with E-state index in [-0.39, 0.29) is 11.5 Å². The minimum Gasteiger partial charge on any atom is -0.392 e. The lowest BCUT2D eigenvalue weighted by molar-refractivity contribution is 0.0408. The van der Waals surface area contributed by atoms with E-state index in [1.54, 1.807) is 0 Å². The van der Waals surface area contributed by atoms with Crippen molar-refractivity contribution in [1.29, 1.82) is 0 Å². The van der Waals surface area contributed by atoms with Gasteiger partial charge in [0.25, 0.3) is 0 Å². The molecule has 3 nitrogen and oxygen atoms in total. The first-order valence-corrected chi connectivity index (χ1v) is 6.76. The lowest BCUT2D eigenvalue weighted by Gasteiger charge is -2.30. The van der Waals surface area contributed by atoms with Gasteiger partial charge in [-0.2, -0.15) is 5.10 Å². The monoisotopic (exact) mass is 236 g/mol. The molecule has 1 aromatic rings. The molecule has 1 saturated carbocycles. The van der Waals surface area contributed by atoms with Crippen molar-refractivity contribution in [2.24, 2.45) is 5.41 Å². The Morgan fingerprint density at radius 1 is 1.47 bits per heavy atom. The largest absolute Gasteiger partial charge is 0.392 e. The van der Waals surface area contributed by atoms with Crippen molar-refractivity contribution < 1.29 is 5.11 Å². The second-order valence-corrected chi connectivity index (χ2v) is 5.67. The summed E-state index contributed by atoms with van der Waals surface area (Å²) in [6.07, 6.45) is 5.36. The molecule has 3 heteroatoms. The lowest BCUT2D eigenvalue weighted by atomic mass is 9.80. The second-order valence-electron chi connectivity index (χ2n) is 5.67. The highest BCUT2D eigenvalue weighted by Gasteiger charge is 2.36. The van der Waals surface area contributed by atoms with Crippen LogP contribution in [0.4, 0.5) is 0 Å². The van der Waals surface area contributed by atoms with Crippen LogP contribution in [0.1, 0.15) is 50.9 Å². The van der Waals surface area contributed by atoms with Crippen LogP contribution in [0.2, 0.25) is 0 Å². The van der Waals surface area contributed by atoms with Gasteiger partial charge in [0.1, 0.15) is 0 Å². The van der Waals surface area contributed by atoms with Crippen LogP contribution in [0.15, 0.2) is 6.07 Å². The van der Waals surface area contributed by atoms with Gasteiger partial charge in [-0.1, -0.05) is 19.8 Å². The van der Waals surface area contributed by atoms with Crippen LogP contribution in [0, 0.1) is 12.3 Å². The lowest BCUT2D eigenvalue weighted by Crippen LogP contribution is -2.32. The van der Waals surface area contributed by atoms with Crippen LogP contribution in [-0.4, -0.2) is 21.0 Å². The molecule has 1 atom stereocenters. The SMILES string of the molecule is CCn1nc(C)cc1CC(O)C1(C)CCCC1. The summed E-state index contributed by atoms with van der Waals surface area (Å²) < 4.78 is 2.01. The number of hydrogen-bond donors (Lipinski definition) is 1. The number of rotatable bonds is 4. The molecule has 1 unspecified atom stereocenters. The number of aliphatic hydroxyl groups is 1. The summed E-state index contributed by atoms with van der Waals surface area (Å²) in [4.78, 5) is 0. The topological polar surface area (TPSA) is 38.0 Å². The maximum atomic E-state index is 10.4. The van der Waals surface area contributed by atoms with Crippen molar-refractivity contribution in [3.8, 4) is 0 Å². The molecule has 0 bridgehead atoms. The molecule has 0 aliphatic heterocycles. The average molecular weight is 236 g/mol. The van der Waals surface area contributed by atoms with Crippen LogP contribution in [0.25, 0.3) is 0 Å². The van der Waals surface area contributed by atoms with Crippen molar-refractivity contribution in [1.82, 2.24) is 9.78 Å². The maximum absolute atomic E-state index is 10.4. The van der Waals surface area contributed by atoms with E-state index in [4.69, 9.17) is 0 Å². The van der Waals surface area contributed by atoms with Crippen molar-refractivity contribution in [3.05, 3.63) is 17.5 Å². The second kappa shape index (κ2) is 4.81. The van der Waals surface area contributed by atoms with E-state index in [1.165, 1.54) is 18.5 Å². The first-order valence-electron chi connectivity index (χ1n) is 6.76. The molecule has 0 radical (unpaired) electrons. The molecule has 0 amide bonds. The van der Waals surface area contributed by atoms with E-state index in [0.29, 0.717) is 0 Å². The minimum absolute atomic E-state index is 0.122. The highest BCUT2D eigenvalue weighted by Crippen LogP contribution is 2.41. The summed E-state index contributed by atoms with van der Waals surface area (Å²) in [5.41, 5.74) is 2.34. The van der Waals surface area contributed by atoms with Crippen LogP contribution < -0.4 is 0 Å². The molecule has 96 valence electrons. The third-order valence-corrected chi connectivity index (χ3v) is 4.24. The zero-order valence-corrected chi connectivity index (χ0v) is 11.2. The zero-order valence-electron chi connectivity index (χ0n) is 11.2. The summed E-state index contributed by atoms with van der Waals surface area (Å²) in [6, 6.07) is 2.10. The fraction of sp³-hybridized carbons (Fsp3) is 0.786. The molecule has 17 heavy (non-hydrogen) atoms. The normalized spacial score (nSPS) is 20.7. The molecule has 0 saturated heterocycles. The number of nitrogens with zero attached hydrogens (tertiary/aromatic N) is 2. The quantitative estimate of drug-likeness (QED) is 0.873. The third kappa shape index (κ3) is 2.54. The molecule has 1 heterocycles. The van der Waals surface area contributed by atoms with Crippen LogP contribution >= 0.6 is 0 Å². The summed E-state index contributed by atoms with van der Waals surface area (Å²) in [5.74, 6) is 0. The number of aromatic nitrogens is 2.